The van der Waals surface area contributed by atoms with Gasteiger partial charge in [-0.25, -0.2) is 4.39 Å². The van der Waals surface area contributed by atoms with Gasteiger partial charge in [-0.05, 0) is 35.9 Å². The van der Waals surface area contributed by atoms with Gasteiger partial charge in [0.25, 0.3) is 0 Å². The Balaban J connectivity index is 1.41. The van der Waals surface area contributed by atoms with Crippen molar-refractivity contribution < 1.29 is 4.39 Å². The van der Waals surface area contributed by atoms with Crippen LogP contribution in [0, 0.1) is 5.82 Å². The van der Waals surface area contributed by atoms with E-state index in [0.717, 1.165) is 29.5 Å². The molecule has 0 unspecified atom stereocenters. The van der Waals surface area contributed by atoms with Gasteiger partial charge in [-0.2, -0.15) is 0 Å². The summed E-state index contributed by atoms with van der Waals surface area (Å²) in [5.41, 5.74) is 1.65. The lowest BCUT2D eigenvalue weighted by atomic mass is 9.95. The molecular formula is C22H23FN4. The monoisotopic (exact) mass is 362 g/mol. The summed E-state index contributed by atoms with van der Waals surface area (Å²) < 4.78 is 14.2. The Hall–Kier alpha value is -2.95. The lowest BCUT2D eigenvalue weighted by Crippen LogP contribution is -2.41. The van der Waals surface area contributed by atoms with Crippen molar-refractivity contribution >= 4 is 16.7 Å². The Bertz CT molecular complexity index is 973. The van der Waals surface area contributed by atoms with Crippen LogP contribution >= 0.6 is 0 Å². The largest absolute Gasteiger partial charge is 0.356 e. The number of hydrogen-bond acceptors (Lipinski definition) is 2. The molecule has 138 valence electrons. The lowest BCUT2D eigenvalue weighted by molar-refractivity contribution is 0.559. The van der Waals surface area contributed by atoms with E-state index in [1.165, 1.54) is 11.5 Å². The minimum absolute atomic E-state index is 0.124. The minimum atomic E-state index is -0.125. The van der Waals surface area contributed by atoms with Gasteiger partial charge in [0.2, 0.25) is 0 Å². The number of aliphatic imine (C=N–C) groups is 1. The second-order valence-electron chi connectivity index (χ2n) is 7.02. The van der Waals surface area contributed by atoms with Crippen LogP contribution in [0.15, 0.2) is 65.8 Å². The summed E-state index contributed by atoms with van der Waals surface area (Å²) in [5, 5.41) is 8.99. The van der Waals surface area contributed by atoms with Gasteiger partial charge in [0.05, 0.1) is 12.2 Å². The molecule has 4 rings (SSSR count). The third kappa shape index (κ3) is 3.63. The molecule has 0 atom stereocenters. The van der Waals surface area contributed by atoms with E-state index in [9.17, 15) is 4.39 Å². The van der Waals surface area contributed by atoms with E-state index < -0.39 is 0 Å². The van der Waals surface area contributed by atoms with Gasteiger partial charge < -0.3 is 10.6 Å². The number of aromatic nitrogens is 1. The summed E-state index contributed by atoms with van der Waals surface area (Å²) in [6.45, 7) is 1.24. The van der Waals surface area contributed by atoms with Gasteiger partial charge in [0.1, 0.15) is 5.82 Å². The van der Waals surface area contributed by atoms with Crippen molar-refractivity contribution in [2.45, 2.75) is 24.8 Å². The van der Waals surface area contributed by atoms with E-state index in [-0.39, 0.29) is 11.2 Å². The molecule has 3 aromatic rings. The van der Waals surface area contributed by atoms with Crippen molar-refractivity contribution in [2.24, 2.45) is 4.99 Å². The van der Waals surface area contributed by atoms with E-state index in [2.05, 4.69) is 32.7 Å². The number of fused-ring (bicyclic) bond motifs is 1. The molecule has 0 spiro atoms. The maximum Gasteiger partial charge on any atom is 0.191 e. The highest BCUT2D eigenvalue weighted by Crippen LogP contribution is 2.48. The zero-order valence-electron chi connectivity index (χ0n) is 15.4. The molecule has 0 aliphatic heterocycles. The average Bonchev–Trinajstić information content (AvgIpc) is 3.49. The maximum atomic E-state index is 14.2. The Morgan fingerprint density at radius 2 is 1.85 bits per heavy atom. The summed E-state index contributed by atoms with van der Waals surface area (Å²) in [5.74, 6) is 0.576. The molecule has 4 nitrogen and oxygen atoms in total. The number of nitrogens with zero attached hydrogens (tertiary/aromatic N) is 2. The number of nitrogens with one attached hydrogen (secondary N) is 2. The molecule has 0 saturated heterocycles. The predicted molar refractivity (Wildman–Crippen MR) is 107 cm³/mol. The fraction of sp³-hybridized carbons (Fsp3) is 0.273. The van der Waals surface area contributed by atoms with Crippen LogP contribution in [0.5, 0.6) is 0 Å². The van der Waals surface area contributed by atoms with Crippen molar-refractivity contribution in [3.05, 3.63) is 77.9 Å². The normalized spacial score (nSPS) is 15.6. The van der Waals surface area contributed by atoms with E-state index in [1.807, 2.05) is 36.5 Å². The summed E-state index contributed by atoms with van der Waals surface area (Å²) in [6.07, 6.45) is 3.80. The smallest absolute Gasteiger partial charge is 0.191 e. The molecule has 1 heterocycles. The van der Waals surface area contributed by atoms with Crippen molar-refractivity contribution in [2.75, 3.05) is 13.6 Å². The van der Waals surface area contributed by atoms with Gasteiger partial charge in [-0.15, -0.1) is 0 Å². The number of hydrogen-bond donors (Lipinski definition) is 2. The summed E-state index contributed by atoms with van der Waals surface area (Å²) in [4.78, 5) is 8.80. The van der Waals surface area contributed by atoms with Gasteiger partial charge in [-0.1, -0.05) is 42.5 Å². The molecule has 1 aromatic heterocycles. The van der Waals surface area contributed by atoms with E-state index >= 15 is 0 Å². The number of guanidine groups is 1. The van der Waals surface area contributed by atoms with Gasteiger partial charge in [-0.3, -0.25) is 9.98 Å². The molecule has 1 saturated carbocycles. The summed E-state index contributed by atoms with van der Waals surface area (Å²) in [6, 6.07) is 17.3. The van der Waals surface area contributed by atoms with Crippen LogP contribution in [0.3, 0.4) is 0 Å². The number of benzene rings is 2. The molecule has 0 bridgehead atoms. The minimum Gasteiger partial charge on any atom is -0.356 e. The third-order valence-corrected chi connectivity index (χ3v) is 5.30. The van der Waals surface area contributed by atoms with Gasteiger partial charge >= 0.3 is 0 Å². The average molecular weight is 362 g/mol. The molecule has 27 heavy (non-hydrogen) atoms. The van der Waals surface area contributed by atoms with Crippen LogP contribution in [-0.4, -0.2) is 24.5 Å². The van der Waals surface area contributed by atoms with Gasteiger partial charge in [0.15, 0.2) is 5.96 Å². The summed E-state index contributed by atoms with van der Waals surface area (Å²) >= 11 is 0. The van der Waals surface area contributed by atoms with Gasteiger partial charge in [0, 0.05) is 30.6 Å². The first-order chi connectivity index (χ1) is 13.2. The van der Waals surface area contributed by atoms with Crippen molar-refractivity contribution in [1.29, 1.82) is 0 Å². The number of rotatable bonds is 5. The number of pyridine rings is 1. The highest BCUT2D eigenvalue weighted by atomic mass is 19.1. The molecule has 1 aliphatic carbocycles. The zero-order chi connectivity index (χ0) is 18.7. The SMILES string of the molecule is CN=C(NCc1nccc2ccccc12)NCC1(c2ccccc2F)CC1. The van der Waals surface area contributed by atoms with Crippen LogP contribution < -0.4 is 10.6 Å². The topological polar surface area (TPSA) is 49.3 Å². The van der Waals surface area contributed by atoms with E-state index in [1.54, 1.807) is 13.1 Å². The van der Waals surface area contributed by atoms with Crippen molar-refractivity contribution in [3.8, 4) is 0 Å². The summed E-state index contributed by atoms with van der Waals surface area (Å²) in [7, 11) is 1.74. The Morgan fingerprint density at radius 3 is 2.63 bits per heavy atom. The first-order valence-electron chi connectivity index (χ1n) is 9.24. The Labute approximate surface area is 158 Å². The fourth-order valence-electron chi connectivity index (χ4n) is 3.55. The Kier molecular flexibility index (Phi) is 4.75. The first-order valence-corrected chi connectivity index (χ1v) is 9.24. The van der Waals surface area contributed by atoms with E-state index in [4.69, 9.17) is 0 Å². The van der Waals surface area contributed by atoms with Crippen LogP contribution in [0.4, 0.5) is 4.39 Å². The van der Waals surface area contributed by atoms with Crippen LogP contribution in [0.25, 0.3) is 10.8 Å². The van der Waals surface area contributed by atoms with Crippen LogP contribution in [0.2, 0.25) is 0 Å². The molecule has 5 heteroatoms. The predicted octanol–water partition coefficient (Wildman–Crippen LogP) is 3.77. The van der Waals surface area contributed by atoms with Crippen molar-refractivity contribution in [1.82, 2.24) is 15.6 Å². The Morgan fingerprint density at radius 1 is 1.07 bits per heavy atom. The molecule has 0 amide bonds. The first kappa shape index (κ1) is 17.5. The van der Waals surface area contributed by atoms with Crippen LogP contribution in [-0.2, 0) is 12.0 Å². The highest BCUT2D eigenvalue weighted by Gasteiger charge is 2.45. The second-order valence-corrected chi connectivity index (χ2v) is 7.02. The molecule has 1 aliphatic rings. The highest BCUT2D eigenvalue weighted by molar-refractivity contribution is 5.85. The quantitative estimate of drug-likeness (QED) is 0.537. The van der Waals surface area contributed by atoms with Crippen molar-refractivity contribution in [3.63, 3.8) is 0 Å². The second kappa shape index (κ2) is 7.35. The standard InChI is InChI=1S/C22H23FN4/c1-24-21(26-14-20-17-7-3-2-6-16(17)10-13-25-20)27-15-22(11-12-22)18-8-4-5-9-19(18)23/h2-10,13H,11-12,14-15H2,1H3,(H2,24,26,27). The third-order valence-electron chi connectivity index (χ3n) is 5.30. The maximum absolute atomic E-state index is 14.2. The van der Waals surface area contributed by atoms with Crippen LogP contribution in [0.1, 0.15) is 24.1 Å². The molecule has 1 fully saturated rings. The zero-order valence-corrected chi connectivity index (χ0v) is 15.4. The lowest BCUT2D eigenvalue weighted by Gasteiger charge is -2.19. The molecule has 2 aromatic carbocycles. The molecule has 0 radical (unpaired) electrons. The van der Waals surface area contributed by atoms with E-state index in [0.29, 0.717) is 19.0 Å². The number of halogens is 1. The molecular weight excluding hydrogens is 339 g/mol. The molecule has 2 N–H and O–H groups in total. The fourth-order valence-corrected chi connectivity index (χ4v) is 3.55.